The van der Waals surface area contributed by atoms with E-state index in [1.165, 1.54) is 25.1 Å². The minimum atomic E-state index is -4.93. The van der Waals surface area contributed by atoms with Crippen LogP contribution in [0.5, 0.6) is 5.75 Å². The van der Waals surface area contributed by atoms with Gasteiger partial charge in [-0.2, -0.15) is 13.2 Å². The van der Waals surface area contributed by atoms with Crippen molar-refractivity contribution in [3.63, 3.8) is 0 Å². The zero-order valence-corrected chi connectivity index (χ0v) is 9.70. The molecule has 0 saturated heterocycles. The second-order valence-electron chi connectivity index (χ2n) is 3.81. The van der Waals surface area contributed by atoms with Crippen molar-refractivity contribution in [2.24, 2.45) is 0 Å². The van der Waals surface area contributed by atoms with Crippen molar-refractivity contribution in [2.45, 2.75) is 25.6 Å². The molecule has 0 amide bonds. The Labute approximate surface area is 102 Å². The smallest absolute Gasteiger partial charge is 0.455 e. The van der Waals surface area contributed by atoms with E-state index in [1.54, 1.807) is 0 Å². The predicted octanol–water partition coefficient (Wildman–Crippen LogP) is 2.58. The molecule has 1 aromatic rings. The number of carbonyl (C=O) groups is 1. The average Bonchev–Trinajstić information content (AvgIpc) is 2.27. The molecular weight excluding hydrogens is 249 g/mol. The van der Waals surface area contributed by atoms with E-state index >= 15 is 0 Å². The number of para-hydroxylation sites is 1. The predicted molar refractivity (Wildman–Crippen MR) is 58.6 cm³/mol. The Morgan fingerprint density at radius 2 is 2.00 bits per heavy atom. The fourth-order valence-electron chi connectivity index (χ4n) is 1.27. The third-order valence-corrected chi connectivity index (χ3v) is 2.18. The van der Waals surface area contributed by atoms with E-state index in [0.29, 0.717) is 0 Å². The Morgan fingerprint density at radius 3 is 2.56 bits per heavy atom. The van der Waals surface area contributed by atoms with Crippen LogP contribution < -0.4 is 4.74 Å². The maximum absolute atomic E-state index is 12.3. The van der Waals surface area contributed by atoms with Gasteiger partial charge in [-0.25, -0.2) is 0 Å². The number of hydrogen-bond acceptors (Lipinski definition) is 3. The van der Waals surface area contributed by atoms with E-state index in [-0.39, 0.29) is 18.8 Å². The van der Waals surface area contributed by atoms with E-state index in [9.17, 15) is 18.0 Å². The molecule has 0 aliphatic rings. The summed E-state index contributed by atoms with van der Waals surface area (Å²) in [4.78, 5) is 11.1. The normalized spacial score (nSPS) is 13.2. The Kier molecular flexibility index (Phi) is 4.72. The third kappa shape index (κ3) is 4.03. The van der Waals surface area contributed by atoms with Crippen LogP contribution in [0.15, 0.2) is 24.3 Å². The standard InChI is InChI=1S/C12H13F3O3/c1-8(16)6-7-18-10-5-3-2-4-9(10)11(17)12(13,14)15/h2-5,8,16H,6-7H2,1H3. The van der Waals surface area contributed by atoms with Crippen LogP contribution in [0.1, 0.15) is 23.7 Å². The molecule has 3 nitrogen and oxygen atoms in total. The molecule has 0 spiro atoms. The van der Waals surface area contributed by atoms with Crippen LogP contribution in [0.3, 0.4) is 0 Å². The molecule has 0 heterocycles. The number of aliphatic hydroxyl groups is 1. The Balaban J connectivity index is 2.83. The minimum Gasteiger partial charge on any atom is -0.493 e. The molecule has 0 aliphatic carbocycles. The summed E-state index contributed by atoms with van der Waals surface area (Å²) < 4.78 is 42.0. The first kappa shape index (κ1) is 14.5. The van der Waals surface area contributed by atoms with Crippen molar-refractivity contribution in [3.05, 3.63) is 29.8 Å². The van der Waals surface area contributed by atoms with Crippen LogP contribution in [0.25, 0.3) is 0 Å². The summed E-state index contributed by atoms with van der Waals surface area (Å²) in [5.74, 6) is -2.06. The highest BCUT2D eigenvalue weighted by atomic mass is 19.4. The monoisotopic (exact) mass is 262 g/mol. The fourth-order valence-corrected chi connectivity index (χ4v) is 1.27. The molecule has 0 bridgehead atoms. The van der Waals surface area contributed by atoms with Crippen molar-refractivity contribution in [1.82, 2.24) is 0 Å². The van der Waals surface area contributed by atoms with Gasteiger partial charge in [-0.15, -0.1) is 0 Å². The summed E-state index contributed by atoms with van der Waals surface area (Å²) in [7, 11) is 0. The SMILES string of the molecule is CC(O)CCOc1ccccc1C(=O)C(F)(F)F. The van der Waals surface area contributed by atoms with Gasteiger partial charge < -0.3 is 9.84 Å². The van der Waals surface area contributed by atoms with Gasteiger partial charge in [0.15, 0.2) is 0 Å². The molecular formula is C12H13F3O3. The number of hydrogen-bond donors (Lipinski definition) is 1. The molecule has 1 N–H and O–H groups in total. The number of Topliss-reactive ketones (excluding diaryl/α,β-unsaturated/α-hetero) is 1. The highest BCUT2D eigenvalue weighted by Gasteiger charge is 2.40. The van der Waals surface area contributed by atoms with Gasteiger partial charge in [0, 0.05) is 6.42 Å². The molecule has 0 saturated carbocycles. The second kappa shape index (κ2) is 5.86. The molecule has 1 aromatic carbocycles. The molecule has 1 unspecified atom stereocenters. The largest absolute Gasteiger partial charge is 0.493 e. The molecule has 1 atom stereocenters. The van der Waals surface area contributed by atoms with Crippen LogP contribution in [-0.2, 0) is 0 Å². The molecule has 0 radical (unpaired) electrons. The molecule has 0 fully saturated rings. The third-order valence-electron chi connectivity index (χ3n) is 2.18. The average molecular weight is 262 g/mol. The van der Waals surface area contributed by atoms with Crippen molar-refractivity contribution in [2.75, 3.05) is 6.61 Å². The highest BCUT2D eigenvalue weighted by molar-refractivity contribution is 6.02. The van der Waals surface area contributed by atoms with Gasteiger partial charge >= 0.3 is 6.18 Å². The lowest BCUT2D eigenvalue weighted by atomic mass is 10.1. The quantitative estimate of drug-likeness (QED) is 0.829. The zero-order valence-electron chi connectivity index (χ0n) is 9.70. The summed E-state index contributed by atoms with van der Waals surface area (Å²) in [6.45, 7) is 1.58. The van der Waals surface area contributed by atoms with Crippen LogP contribution >= 0.6 is 0 Å². The number of benzene rings is 1. The Hall–Kier alpha value is -1.56. The topological polar surface area (TPSA) is 46.5 Å². The summed E-state index contributed by atoms with van der Waals surface area (Å²) in [5.41, 5.74) is -0.518. The second-order valence-corrected chi connectivity index (χ2v) is 3.81. The van der Waals surface area contributed by atoms with E-state index in [0.717, 1.165) is 6.07 Å². The minimum absolute atomic E-state index is 0.0415. The van der Waals surface area contributed by atoms with Gasteiger partial charge in [-0.05, 0) is 19.1 Å². The van der Waals surface area contributed by atoms with Gasteiger partial charge in [0.25, 0.3) is 5.78 Å². The lowest BCUT2D eigenvalue weighted by Gasteiger charge is -2.12. The lowest BCUT2D eigenvalue weighted by molar-refractivity contribution is -0.0886. The van der Waals surface area contributed by atoms with Crippen LogP contribution in [0, 0.1) is 0 Å². The summed E-state index contributed by atoms with van der Waals surface area (Å²) in [6, 6.07) is 5.17. The molecule has 6 heteroatoms. The fraction of sp³-hybridized carbons (Fsp3) is 0.417. The van der Waals surface area contributed by atoms with Crippen LogP contribution in [0.4, 0.5) is 13.2 Å². The Morgan fingerprint density at radius 1 is 1.39 bits per heavy atom. The van der Waals surface area contributed by atoms with Crippen molar-refractivity contribution >= 4 is 5.78 Å². The first-order chi connectivity index (χ1) is 8.32. The number of carbonyl (C=O) groups excluding carboxylic acids is 1. The van der Waals surface area contributed by atoms with Crippen molar-refractivity contribution < 1.29 is 27.8 Å². The molecule has 0 aromatic heterocycles. The Bertz CT molecular complexity index is 413. The molecule has 100 valence electrons. The van der Waals surface area contributed by atoms with Crippen LogP contribution in [0.2, 0.25) is 0 Å². The summed E-state index contributed by atoms with van der Waals surface area (Å²) in [5, 5.41) is 9.01. The van der Waals surface area contributed by atoms with Crippen molar-refractivity contribution in [3.8, 4) is 5.75 Å². The number of alkyl halides is 3. The van der Waals surface area contributed by atoms with Gasteiger partial charge in [-0.1, -0.05) is 12.1 Å². The zero-order chi connectivity index (χ0) is 13.8. The number of ether oxygens (including phenoxy) is 1. The highest BCUT2D eigenvalue weighted by Crippen LogP contribution is 2.27. The van der Waals surface area contributed by atoms with E-state index in [1.807, 2.05) is 0 Å². The number of ketones is 1. The van der Waals surface area contributed by atoms with Crippen molar-refractivity contribution in [1.29, 1.82) is 0 Å². The van der Waals surface area contributed by atoms with E-state index in [2.05, 4.69) is 0 Å². The van der Waals surface area contributed by atoms with E-state index < -0.39 is 23.6 Å². The first-order valence-electron chi connectivity index (χ1n) is 5.34. The van der Waals surface area contributed by atoms with Gasteiger partial charge in [0.2, 0.25) is 0 Å². The van der Waals surface area contributed by atoms with Gasteiger partial charge in [-0.3, -0.25) is 4.79 Å². The summed E-state index contributed by atoms with van der Waals surface area (Å²) in [6.07, 6.45) is -5.27. The maximum Gasteiger partial charge on any atom is 0.455 e. The molecule has 1 rings (SSSR count). The number of rotatable bonds is 5. The molecule has 0 aliphatic heterocycles. The lowest BCUT2D eigenvalue weighted by Crippen LogP contribution is -2.23. The van der Waals surface area contributed by atoms with Crippen LogP contribution in [-0.4, -0.2) is 29.8 Å². The van der Waals surface area contributed by atoms with E-state index in [4.69, 9.17) is 9.84 Å². The van der Waals surface area contributed by atoms with Gasteiger partial charge in [0.1, 0.15) is 5.75 Å². The number of halogens is 3. The maximum atomic E-state index is 12.3. The summed E-state index contributed by atoms with van der Waals surface area (Å²) >= 11 is 0. The first-order valence-corrected chi connectivity index (χ1v) is 5.34. The molecule has 18 heavy (non-hydrogen) atoms. The number of aliphatic hydroxyl groups excluding tert-OH is 1. The van der Waals surface area contributed by atoms with Gasteiger partial charge in [0.05, 0.1) is 18.3 Å².